The fraction of sp³-hybridized carbons (Fsp3) is 0.462. The van der Waals surface area contributed by atoms with E-state index in [1.54, 1.807) is 0 Å². The van der Waals surface area contributed by atoms with Crippen LogP contribution in [0.2, 0.25) is 5.15 Å². The normalized spacial score (nSPS) is 17.5. The number of unbranched alkanes of at least 4 members (excludes halogenated alkanes) is 1. The van der Waals surface area contributed by atoms with Crippen LogP contribution in [0.15, 0.2) is 6.33 Å². The molecule has 3 N–H and O–H groups in total. The Hall–Kier alpha value is -1.67. The van der Waals surface area contributed by atoms with Crippen LogP contribution in [0.5, 0.6) is 0 Å². The summed E-state index contributed by atoms with van der Waals surface area (Å²) in [6.07, 6.45) is 4.51. The summed E-state index contributed by atoms with van der Waals surface area (Å²) in [6.45, 7) is 2.57. The van der Waals surface area contributed by atoms with E-state index in [-0.39, 0.29) is 5.91 Å². The number of carbonyl (C=O) groups excluding carboxylic acids is 1. The molecule has 0 saturated heterocycles. The predicted octanol–water partition coefficient (Wildman–Crippen LogP) is 2.09. The number of nitrogens with one attached hydrogen (secondary N) is 3. The van der Waals surface area contributed by atoms with Gasteiger partial charge in [-0.15, -0.1) is 12.6 Å². The quantitative estimate of drug-likeness (QED) is 0.627. The molecule has 1 unspecified atom stereocenters. The first kappa shape index (κ1) is 15.2. The molecular weight excluding hydrogens is 324 g/mol. The van der Waals surface area contributed by atoms with Crippen LogP contribution in [0.3, 0.4) is 0 Å². The molecule has 9 heteroatoms. The van der Waals surface area contributed by atoms with Gasteiger partial charge in [-0.1, -0.05) is 24.9 Å². The largest absolute Gasteiger partial charge is 0.343 e. The third-order valence-corrected chi connectivity index (χ3v) is 4.27. The molecule has 0 aromatic carbocycles. The monoisotopic (exact) mass is 340 g/mol. The van der Waals surface area contributed by atoms with Gasteiger partial charge in [-0.3, -0.25) is 4.79 Å². The molecule has 0 radical (unpaired) electrons. The third-order valence-electron chi connectivity index (χ3n) is 3.55. The molecule has 2 aromatic heterocycles. The highest BCUT2D eigenvalue weighted by Crippen LogP contribution is 2.27. The number of nitrogens with zero attached hydrogens (tertiary/aromatic N) is 3. The number of hydrogen-bond donors (Lipinski definition) is 4. The van der Waals surface area contributed by atoms with Gasteiger partial charge in [0.25, 0.3) is 5.91 Å². The number of H-pyrrole nitrogens is 2. The van der Waals surface area contributed by atoms with E-state index in [1.807, 2.05) is 4.90 Å². The van der Waals surface area contributed by atoms with Gasteiger partial charge in [-0.05, 0) is 6.42 Å². The van der Waals surface area contributed by atoms with E-state index in [2.05, 4.69) is 44.8 Å². The van der Waals surface area contributed by atoms with Gasteiger partial charge in [0.15, 0.2) is 11.0 Å². The summed E-state index contributed by atoms with van der Waals surface area (Å²) in [5, 5.41) is 3.20. The summed E-state index contributed by atoms with van der Waals surface area (Å²) < 4.78 is 0. The lowest BCUT2D eigenvalue weighted by Gasteiger charge is -2.32. The SMILES string of the molecule is CCCCc1nc(Cl)c(CN2c3nc[nH]c3C(=O)NC2S)[nH]1. The zero-order valence-electron chi connectivity index (χ0n) is 12.1. The topological polar surface area (TPSA) is 89.7 Å². The number of halogens is 1. The number of thiol groups is 1. The van der Waals surface area contributed by atoms with Crippen molar-refractivity contribution < 1.29 is 4.79 Å². The third kappa shape index (κ3) is 2.80. The van der Waals surface area contributed by atoms with Gasteiger partial charge < -0.3 is 20.2 Å². The number of aromatic nitrogens is 4. The molecule has 0 bridgehead atoms. The second kappa shape index (κ2) is 6.21. The number of anilines is 1. The van der Waals surface area contributed by atoms with E-state index in [9.17, 15) is 4.79 Å². The maximum atomic E-state index is 11.8. The molecule has 1 aliphatic rings. The lowest BCUT2D eigenvalue weighted by molar-refractivity contribution is 0.0937. The van der Waals surface area contributed by atoms with E-state index < -0.39 is 5.50 Å². The highest BCUT2D eigenvalue weighted by molar-refractivity contribution is 7.81. The van der Waals surface area contributed by atoms with Gasteiger partial charge in [0, 0.05) is 6.42 Å². The lowest BCUT2D eigenvalue weighted by Crippen LogP contribution is -2.49. The van der Waals surface area contributed by atoms with E-state index >= 15 is 0 Å². The molecule has 0 fully saturated rings. The van der Waals surface area contributed by atoms with Gasteiger partial charge in [-0.25, -0.2) is 9.97 Å². The molecule has 118 valence electrons. The fourth-order valence-corrected chi connectivity index (χ4v) is 2.91. The van der Waals surface area contributed by atoms with E-state index in [4.69, 9.17) is 11.6 Å². The number of aromatic amines is 2. The van der Waals surface area contributed by atoms with Crippen molar-refractivity contribution in [3.05, 3.63) is 28.7 Å². The summed E-state index contributed by atoms with van der Waals surface area (Å²) in [5.41, 5.74) is 0.742. The number of imidazole rings is 2. The molecule has 1 aliphatic heterocycles. The van der Waals surface area contributed by atoms with Crippen LogP contribution in [0, 0.1) is 0 Å². The van der Waals surface area contributed by atoms with Crippen LogP contribution in [0.25, 0.3) is 0 Å². The van der Waals surface area contributed by atoms with Gasteiger partial charge in [0.1, 0.15) is 17.0 Å². The van der Waals surface area contributed by atoms with Crippen LogP contribution >= 0.6 is 24.2 Å². The van der Waals surface area contributed by atoms with Crippen molar-refractivity contribution in [2.45, 2.75) is 38.2 Å². The van der Waals surface area contributed by atoms with Crippen molar-refractivity contribution in [1.82, 2.24) is 25.3 Å². The average Bonchev–Trinajstić information content (AvgIpc) is 3.08. The number of rotatable bonds is 5. The Morgan fingerprint density at radius 3 is 3.09 bits per heavy atom. The van der Waals surface area contributed by atoms with Gasteiger partial charge in [0.2, 0.25) is 0 Å². The van der Waals surface area contributed by atoms with Gasteiger partial charge >= 0.3 is 0 Å². The molecule has 1 amide bonds. The summed E-state index contributed by atoms with van der Waals surface area (Å²) in [7, 11) is 0. The van der Waals surface area contributed by atoms with Crippen LogP contribution in [-0.2, 0) is 13.0 Å². The molecule has 0 spiro atoms. The van der Waals surface area contributed by atoms with Crippen LogP contribution in [0.1, 0.15) is 41.8 Å². The van der Waals surface area contributed by atoms with Crippen LogP contribution in [0.4, 0.5) is 5.82 Å². The van der Waals surface area contributed by atoms with Crippen molar-refractivity contribution in [3.63, 3.8) is 0 Å². The van der Waals surface area contributed by atoms with Crippen molar-refractivity contribution in [1.29, 1.82) is 0 Å². The van der Waals surface area contributed by atoms with Crippen LogP contribution < -0.4 is 10.2 Å². The van der Waals surface area contributed by atoms with E-state index in [0.717, 1.165) is 30.8 Å². The number of aryl methyl sites for hydroxylation is 1. The predicted molar refractivity (Wildman–Crippen MR) is 87.2 cm³/mol. The first-order valence-electron chi connectivity index (χ1n) is 7.12. The average molecular weight is 341 g/mol. The Labute approximate surface area is 138 Å². The van der Waals surface area contributed by atoms with Crippen LogP contribution in [-0.4, -0.2) is 31.3 Å². The Balaban J connectivity index is 1.83. The lowest BCUT2D eigenvalue weighted by atomic mass is 10.2. The van der Waals surface area contributed by atoms with Gasteiger partial charge in [-0.2, -0.15) is 0 Å². The maximum Gasteiger partial charge on any atom is 0.273 e. The summed E-state index contributed by atoms with van der Waals surface area (Å²) in [5.74, 6) is 1.22. The summed E-state index contributed by atoms with van der Waals surface area (Å²) in [6, 6.07) is 0. The second-order valence-electron chi connectivity index (χ2n) is 5.13. The molecule has 3 rings (SSSR count). The standard InChI is InChI=1S/C13H17ClN6OS/c1-2-3-4-8-17-7(10(14)18-8)5-20-11-9(15-6-16-11)12(21)19-13(20)22/h6,13,22H,2-5H2,1H3,(H,15,16)(H,17,18)(H,19,21). The minimum atomic E-state index is -0.471. The Morgan fingerprint density at radius 2 is 2.32 bits per heavy atom. The number of amides is 1. The molecule has 3 heterocycles. The molecule has 0 saturated carbocycles. The Bertz CT molecular complexity index is 684. The highest BCUT2D eigenvalue weighted by Gasteiger charge is 2.31. The van der Waals surface area contributed by atoms with E-state index in [0.29, 0.717) is 23.2 Å². The minimum absolute atomic E-state index is 0.219. The highest BCUT2D eigenvalue weighted by atomic mass is 35.5. The minimum Gasteiger partial charge on any atom is -0.343 e. The van der Waals surface area contributed by atoms with E-state index in [1.165, 1.54) is 6.33 Å². The molecule has 0 aliphatic carbocycles. The number of hydrogen-bond acceptors (Lipinski definition) is 5. The molecule has 22 heavy (non-hydrogen) atoms. The van der Waals surface area contributed by atoms with Crippen molar-refractivity contribution in [2.24, 2.45) is 0 Å². The van der Waals surface area contributed by atoms with Crippen molar-refractivity contribution in [3.8, 4) is 0 Å². The number of carbonyl (C=O) groups is 1. The molecule has 7 nitrogen and oxygen atoms in total. The number of fused-ring (bicyclic) bond motifs is 1. The molecule has 2 aromatic rings. The van der Waals surface area contributed by atoms with Crippen molar-refractivity contribution >= 4 is 36.0 Å². The first-order valence-corrected chi connectivity index (χ1v) is 8.01. The fourth-order valence-electron chi connectivity index (χ4n) is 2.39. The molecule has 1 atom stereocenters. The Morgan fingerprint density at radius 1 is 1.50 bits per heavy atom. The smallest absolute Gasteiger partial charge is 0.273 e. The summed E-state index contributed by atoms with van der Waals surface area (Å²) in [4.78, 5) is 28.3. The Kier molecular flexibility index (Phi) is 4.30. The van der Waals surface area contributed by atoms with Crippen molar-refractivity contribution in [2.75, 3.05) is 4.90 Å². The van der Waals surface area contributed by atoms with Gasteiger partial charge in [0.05, 0.1) is 18.6 Å². The first-order chi connectivity index (χ1) is 10.6. The zero-order valence-corrected chi connectivity index (χ0v) is 13.7. The second-order valence-corrected chi connectivity index (χ2v) is 5.98. The summed E-state index contributed by atoms with van der Waals surface area (Å²) >= 11 is 10.6. The molecular formula is C13H17ClN6OS. The zero-order chi connectivity index (χ0) is 15.7. The maximum absolute atomic E-state index is 11.8.